The zero-order chi connectivity index (χ0) is 14.7. The zero-order valence-corrected chi connectivity index (χ0v) is 12.2. The summed E-state index contributed by atoms with van der Waals surface area (Å²) in [6.45, 7) is 3.48. The van der Waals surface area contributed by atoms with Crippen LogP contribution in [-0.2, 0) is 6.42 Å². The number of benzene rings is 2. The fourth-order valence-electron chi connectivity index (χ4n) is 2.71. The average molecular weight is 281 g/mol. The Bertz CT molecular complexity index is 664. The van der Waals surface area contributed by atoms with Gasteiger partial charge in [-0.25, -0.2) is 0 Å². The smallest absolute Gasteiger partial charge is 0.196 e. The molecule has 0 unspecified atom stereocenters. The number of rotatable bonds is 4. The molecule has 3 rings (SSSR count). The predicted molar refractivity (Wildman–Crippen MR) is 84.3 cm³/mol. The van der Waals surface area contributed by atoms with E-state index in [-0.39, 0.29) is 5.78 Å². The predicted octanol–water partition coefficient (Wildman–Crippen LogP) is 3.67. The van der Waals surface area contributed by atoms with Crippen molar-refractivity contribution in [2.45, 2.75) is 19.8 Å². The summed E-state index contributed by atoms with van der Waals surface area (Å²) in [4.78, 5) is 12.7. The molecule has 0 amide bonds. The molecule has 3 nitrogen and oxygen atoms in total. The van der Waals surface area contributed by atoms with Gasteiger partial charge in [-0.2, -0.15) is 0 Å². The summed E-state index contributed by atoms with van der Waals surface area (Å²) in [5.41, 5.74) is 3.73. The SMILES string of the molecule is CCOc1ccccc1C(=O)c1ccc2c(c1)CCCN2. The third-order valence-corrected chi connectivity index (χ3v) is 3.74. The second-order valence-corrected chi connectivity index (χ2v) is 5.16. The number of anilines is 1. The summed E-state index contributed by atoms with van der Waals surface area (Å²) in [6.07, 6.45) is 2.14. The van der Waals surface area contributed by atoms with Crippen molar-refractivity contribution in [1.29, 1.82) is 0 Å². The van der Waals surface area contributed by atoms with Gasteiger partial charge in [-0.1, -0.05) is 12.1 Å². The Hall–Kier alpha value is -2.29. The maximum atomic E-state index is 12.7. The number of nitrogens with one attached hydrogen (secondary N) is 1. The summed E-state index contributed by atoms with van der Waals surface area (Å²) in [6, 6.07) is 13.3. The fraction of sp³-hybridized carbons (Fsp3) is 0.278. The van der Waals surface area contributed by atoms with Gasteiger partial charge in [0.05, 0.1) is 12.2 Å². The summed E-state index contributed by atoms with van der Waals surface area (Å²) >= 11 is 0. The highest BCUT2D eigenvalue weighted by Crippen LogP contribution is 2.26. The molecule has 0 fully saturated rings. The van der Waals surface area contributed by atoms with E-state index in [2.05, 4.69) is 5.32 Å². The van der Waals surface area contributed by atoms with Gasteiger partial charge in [-0.3, -0.25) is 4.79 Å². The van der Waals surface area contributed by atoms with Crippen molar-refractivity contribution < 1.29 is 9.53 Å². The maximum absolute atomic E-state index is 12.7. The highest BCUT2D eigenvalue weighted by atomic mass is 16.5. The number of carbonyl (C=O) groups excluding carboxylic acids is 1. The molecular formula is C18H19NO2. The Morgan fingerprint density at radius 1 is 1.24 bits per heavy atom. The topological polar surface area (TPSA) is 38.3 Å². The number of ketones is 1. The molecule has 2 aromatic rings. The number of fused-ring (bicyclic) bond motifs is 1. The summed E-state index contributed by atoms with van der Waals surface area (Å²) in [5.74, 6) is 0.674. The molecule has 1 N–H and O–H groups in total. The average Bonchev–Trinajstić information content (AvgIpc) is 2.54. The van der Waals surface area contributed by atoms with E-state index >= 15 is 0 Å². The third kappa shape index (κ3) is 2.77. The van der Waals surface area contributed by atoms with Gasteiger partial charge >= 0.3 is 0 Å². The Kier molecular flexibility index (Phi) is 3.91. The normalized spacial score (nSPS) is 13.2. The number of para-hydroxylation sites is 1. The molecule has 0 saturated carbocycles. The first-order valence-corrected chi connectivity index (χ1v) is 7.43. The van der Waals surface area contributed by atoms with Gasteiger partial charge in [0.2, 0.25) is 0 Å². The van der Waals surface area contributed by atoms with Crippen LogP contribution in [0.25, 0.3) is 0 Å². The molecule has 108 valence electrons. The van der Waals surface area contributed by atoms with E-state index in [1.54, 1.807) is 0 Å². The van der Waals surface area contributed by atoms with Gasteiger partial charge in [-0.05, 0) is 55.7 Å². The number of ether oxygens (including phenoxy) is 1. The monoisotopic (exact) mass is 281 g/mol. The van der Waals surface area contributed by atoms with Crippen LogP contribution in [0.1, 0.15) is 34.8 Å². The van der Waals surface area contributed by atoms with Crippen LogP contribution in [0.3, 0.4) is 0 Å². The molecule has 1 heterocycles. The molecular weight excluding hydrogens is 262 g/mol. The van der Waals surface area contributed by atoms with E-state index in [4.69, 9.17) is 4.74 Å². The zero-order valence-electron chi connectivity index (χ0n) is 12.2. The Morgan fingerprint density at radius 3 is 2.95 bits per heavy atom. The number of hydrogen-bond acceptors (Lipinski definition) is 3. The van der Waals surface area contributed by atoms with Crippen LogP contribution >= 0.6 is 0 Å². The molecule has 2 aromatic carbocycles. The second-order valence-electron chi connectivity index (χ2n) is 5.16. The standard InChI is InChI=1S/C18H19NO2/c1-2-21-17-8-4-3-7-15(17)18(20)14-9-10-16-13(12-14)6-5-11-19-16/h3-4,7-10,12,19H,2,5-6,11H2,1H3. The quantitative estimate of drug-likeness (QED) is 0.869. The molecule has 0 saturated heterocycles. The van der Waals surface area contributed by atoms with E-state index in [9.17, 15) is 4.79 Å². The molecule has 0 spiro atoms. The lowest BCUT2D eigenvalue weighted by atomic mass is 9.96. The highest BCUT2D eigenvalue weighted by Gasteiger charge is 2.16. The molecule has 0 atom stereocenters. The molecule has 0 aromatic heterocycles. The molecule has 1 aliphatic heterocycles. The molecule has 1 aliphatic rings. The minimum atomic E-state index is 0.0208. The van der Waals surface area contributed by atoms with Crippen molar-refractivity contribution in [2.75, 3.05) is 18.5 Å². The first-order valence-electron chi connectivity index (χ1n) is 7.43. The minimum Gasteiger partial charge on any atom is -0.493 e. The number of hydrogen-bond donors (Lipinski definition) is 1. The van der Waals surface area contributed by atoms with Gasteiger partial charge < -0.3 is 10.1 Å². The maximum Gasteiger partial charge on any atom is 0.196 e. The Balaban J connectivity index is 1.95. The molecule has 0 aliphatic carbocycles. The second kappa shape index (κ2) is 6.00. The van der Waals surface area contributed by atoms with Crippen molar-refractivity contribution in [3.63, 3.8) is 0 Å². The summed E-state index contributed by atoms with van der Waals surface area (Å²) < 4.78 is 5.56. The Morgan fingerprint density at radius 2 is 2.10 bits per heavy atom. The van der Waals surface area contributed by atoms with Crippen molar-refractivity contribution in [3.05, 3.63) is 59.2 Å². The van der Waals surface area contributed by atoms with E-state index in [1.807, 2.05) is 49.4 Å². The van der Waals surface area contributed by atoms with Crippen LogP contribution in [0.15, 0.2) is 42.5 Å². The lowest BCUT2D eigenvalue weighted by Crippen LogP contribution is -2.13. The summed E-state index contributed by atoms with van der Waals surface area (Å²) in [7, 11) is 0. The first kappa shape index (κ1) is 13.7. The van der Waals surface area contributed by atoms with Crippen molar-refractivity contribution >= 4 is 11.5 Å². The van der Waals surface area contributed by atoms with Gasteiger partial charge in [0.15, 0.2) is 5.78 Å². The number of aryl methyl sites for hydroxylation is 1. The van der Waals surface area contributed by atoms with Crippen LogP contribution in [0, 0.1) is 0 Å². The van der Waals surface area contributed by atoms with E-state index in [0.29, 0.717) is 17.9 Å². The molecule has 0 bridgehead atoms. The molecule has 21 heavy (non-hydrogen) atoms. The van der Waals surface area contributed by atoms with E-state index < -0.39 is 0 Å². The van der Waals surface area contributed by atoms with Crippen molar-refractivity contribution in [3.8, 4) is 5.75 Å². The van der Waals surface area contributed by atoms with Gasteiger partial charge in [-0.15, -0.1) is 0 Å². The van der Waals surface area contributed by atoms with Crippen molar-refractivity contribution in [1.82, 2.24) is 0 Å². The van der Waals surface area contributed by atoms with Crippen LogP contribution in [0.4, 0.5) is 5.69 Å². The van der Waals surface area contributed by atoms with Crippen LogP contribution in [0.2, 0.25) is 0 Å². The fourth-order valence-corrected chi connectivity index (χ4v) is 2.71. The van der Waals surface area contributed by atoms with Gasteiger partial charge in [0, 0.05) is 17.8 Å². The van der Waals surface area contributed by atoms with Crippen molar-refractivity contribution in [2.24, 2.45) is 0 Å². The van der Waals surface area contributed by atoms with Crippen LogP contribution in [0.5, 0.6) is 5.75 Å². The largest absolute Gasteiger partial charge is 0.493 e. The summed E-state index contributed by atoms with van der Waals surface area (Å²) in [5, 5.41) is 3.36. The van der Waals surface area contributed by atoms with Crippen LogP contribution in [-0.4, -0.2) is 18.9 Å². The van der Waals surface area contributed by atoms with Gasteiger partial charge in [0.1, 0.15) is 5.75 Å². The lowest BCUT2D eigenvalue weighted by Gasteiger charge is -2.18. The van der Waals surface area contributed by atoms with Gasteiger partial charge in [0.25, 0.3) is 0 Å². The molecule has 3 heteroatoms. The van der Waals surface area contributed by atoms with Crippen LogP contribution < -0.4 is 10.1 Å². The minimum absolute atomic E-state index is 0.0208. The highest BCUT2D eigenvalue weighted by molar-refractivity contribution is 6.11. The molecule has 0 radical (unpaired) electrons. The van der Waals surface area contributed by atoms with E-state index in [0.717, 1.165) is 30.6 Å². The number of carbonyl (C=O) groups is 1. The lowest BCUT2D eigenvalue weighted by molar-refractivity contribution is 0.103. The third-order valence-electron chi connectivity index (χ3n) is 3.74. The Labute approximate surface area is 124 Å². The first-order chi connectivity index (χ1) is 10.3. The van der Waals surface area contributed by atoms with E-state index in [1.165, 1.54) is 5.56 Å².